The molecular weight excluding hydrogens is 245 g/mol. The molecule has 0 amide bonds. The monoisotopic (exact) mass is 258 g/mol. The summed E-state index contributed by atoms with van der Waals surface area (Å²) >= 11 is 0. The number of benzene rings is 1. The van der Waals surface area contributed by atoms with Crippen molar-refractivity contribution in [1.29, 1.82) is 5.26 Å². The highest BCUT2D eigenvalue weighted by Crippen LogP contribution is 2.16. The number of nitriles is 1. The Kier molecular flexibility index (Phi) is 4.98. The zero-order valence-corrected chi connectivity index (χ0v) is 9.84. The summed E-state index contributed by atoms with van der Waals surface area (Å²) in [6.07, 6.45) is -4.29. The molecule has 98 valence electrons. The molecule has 3 nitrogen and oxygen atoms in total. The average Bonchev–Trinajstić information content (AvgIpc) is 2.29. The van der Waals surface area contributed by atoms with E-state index in [9.17, 15) is 13.2 Å². The molecule has 0 spiro atoms. The molecule has 18 heavy (non-hydrogen) atoms. The van der Waals surface area contributed by atoms with E-state index in [0.29, 0.717) is 5.56 Å². The predicted molar refractivity (Wildman–Crippen MR) is 61.3 cm³/mol. The van der Waals surface area contributed by atoms with Gasteiger partial charge in [-0.25, -0.2) is 0 Å². The molecule has 0 bridgehead atoms. The molecule has 0 atom stereocenters. The van der Waals surface area contributed by atoms with E-state index >= 15 is 0 Å². The van der Waals surface area contributed by atoms with Crippen molar-refractivity contribution in [2.24, 2.45) is 0 Å². The molecule has 0 heterocycles. The Hall–Kier alpha value is -1.74. The largest absolute Gasteiger partial charge is 0.411 e. The summed E-state index contributed by atoms with van der Waals surface area (Å²) in [6.45, 7) is 0.813. The van der Waals surface area contributed by atoms with Gasteiger partial charge in [-0.1, -0.05) is 6.07 Å². The van der Waals surface area contributed by atoms with Crippen LogP contribution in [0.15, 0.2) is 18.2 Å². The van der Waals surface area contributed by atoms with Gasteiger partial charge in [-0.05, 0) is 24.6 Å². The second-order valence-electron chi connectivity index (χ2n) is 3.74. The van der Waals surface area contributed by atoms with Gasteiger partial charge >= 0.3 is 6.18 Å². The maximum absolute atomic E-state index is 11.8. The third-order valence-electron chi connectivity index (χ3n) is 2.19. The number of anilines is 1. The number of ether oxygens (including phenoxy) is 1. The predicted octanol–water partition coefficient (Wildman–Crippen LogP) is 2.86. The van der Waals surface area contributed by atoms with Crippen LogP contribution in [0.1, 0.15) is 11.1 Å². The third-order valence-corrected chi connectivity index (χ3v) is 2.19. The van der Waals surface area contributed by atoms with Crippen molar-refractivity contribution in [1.82, 2.24) is 0 Å². The molecule has 0 fully saturated rings. The minimum atomic E-state index is -4.29. The topological polar surface area (TPSA) is 45.0 Å². The zero-order valence-electron chi connectivity index (χ0n) is 9.84. The Balaban J connectivity index is 2.38. The highest BCUT2D eigenvalue weighted by molar-refractivity contribution is 5.55. The molecule has 6 heteroatoms. The summed E-state index contributed by atoms with van der Waals surface area (Å²) in [5.41, 5.74) is 2.15. The van der Waals surface area contributed by atoms with Crippen molar-refractivity contribution in [3.63, 3.8) is 0 Å². The van der Waals surface area contributed by atoms with Crippen molar-refractivity contribution in [3.8, 4) is 6.07 Å². The van der Waals surface area contributed by atoms with E-state index in [1.807, 2.05) is 13.0 Å². The average molecular weight is 258 g/mol. The lowest BCUT2D eigenvalue weighted by Gasteiger charge is -2.11. The second-order valence-corrected chi connectivity index (χ2v) is 3.74. The number of aryl methyl sites for hydroxylation is 1. The maximum Gasteiger partial charge on any atom is 0.411 e. The first-order valence-corrected chi connectivity index (χ1v) is 5.31. The van der Waals surface area contributed by atoms with Crippen molar-refractivity contribution < 1.29 is 17.9 Å². The van der Waals surface area contributed by atoms with Gasteiger partial charge in [0.15, 0.2) is 0 Å². The molecule has 0 aliphatic carbocycles. The van der Waals surface area contributed by atoms with Crippen LogP contribution >= 0.6 is 0 Å². The number of rotatable bonds is 5. The van der Waals surface area contributed by atoms with E-state index in [-0.39, 0.29) is 13.2 Å². The van der Waals surface area contributed by atoms with Gasteiger partial charge in [-0.15, -0.1) is 0 Å². The molecule has 0 aliphatic heterocycles. The molecule has 0 unspecified atom stereocenters. The van der Waals surface area contributed by atoms with Crippen LogP contribution in [0.2, 0.25) is 0 Å². The first-order chi connectivity index (χ1) is 8.42. The van der Waals surface area contributed by atoms with Crippen LogP contribution in [-0.4, -0.2) is 25.9 Å². The lowest BCUT2D eigenvalue weighted by Crippen LogP contribution is -2.20. The maximum atomic E-state index is 11.8. The normalized spacial score (nSPS) is 11.1. The van der Waals surface area contributed by atoms with Crippen LogP contribution < -0.4 is 5.32 Å². The van der Waals surface area contributed by atoms with Crippen molar-refractivity contribution in [2.75, 3.05) is 25.1 Å². The quantitative estimate of drug-likeness (QED) is 0.826. The van der Waals surface area contributed by atoms with E-state index in [1.165, 1.54) is 0 Å². The van der Waals surface area contributed by atoms with Crippen molar-refractivity contribution in [3.05, 3.63) is 29.3 Å². The molecule has 0 saturated carbocycles. The fourth-order valence-corrected chi connectivity index (χ4v) is 1.33. The van der Waals surface area contributed by atoms with E-state index < -0.39 is 12.8 Å². The fraction of sp³-hybridized carbons (Fsp3) is 0.417. The zero-order chi connectivity index (χ0) is 13.6. The Morgan fingerprint density at radius 3 is 2.72 bits per heavy atom. The van der Waals surface area contributed by atoms with Crippen LogP contribution in [0.5, 0.6) is 0 Å². The minimum Gasteiger partial charge on any atom is -0.382 e. The van der Waals surface area contributed by atoms with Gasteiger partial charge in [-0.2, -0.15) is 18.4 Å². The number of hydrogen-bond donors (Lipinski definition) is 1. The highest BCUT2D eigenvalue weighted by atomic mass is 19.4. The van der Waals surface area contributed by atoms with Gasteiger partial charge < -0.3 is 10.1 Å². The molecule has 1 aromatic rings. The number of alkyl halides is 3. The Labute approximate surface area is 103 Å². The summed E-state index contributed by atoms with van der Waals surface area (Å²) in [4.78, 5) is 0. The highest BCUT2D eigenvalue weighted by Gasteiger charge is 2.27. The number of nitrogens with zero attached hydrogens (tertiary/aromatic N) is 1. The summed E-state index contributed by atoms with van der Waals surface area (Å²) in [5, 5.41) is 11.7. The van der Waals surface area contributed by atoms with E-state index in [2.05, 4.69) is 10.1 Å². The minimum absolute atomic E-state index is 0.0459. The van der Waals surface area contributed by atoms with Crippen LogP contribution in [-0.2, 0) is 4.74 Å². The summed E-state index contributed by atoms with van der Waals surface area (Å²) < 4.78 is 39.8. The fourth-order valence-electron chi connectivity index (χ4n) is 1.33. The smallest absolute Gasteiger partial charge is 0.382 e. The van der Waals surface area contributed by atoms with Crippen LogP contribution in [0, 0.1) is 18.3 Å². The number of halogens is 3. The number of nitrogens with one attached hydrogen (secondary N) is 1. The third kappa shape index (κ3) is 5.06. The summed E-state index contributed by atoms with van der Waals surface area (Å²) in [7, 11) is 0. The van der Waals surface area contributed by atoms with E-state index in [0.717, 1.165) is 11.3 Å². The molecule has 1 aromatic carbocycles. The van der Waals surface area contributed by atoms with E-state index in [1.54, 1.807) is 18.2 Å². The summed E-state index contributed by atoms with van der Waals surface area (Å²) in [5.74, 6) is 0. The van der Waals surface area contributed by atoms with Crippen LogP contribution in [0.25, 0.3) is 0 Å². The first-order valence-electron chi connectivity index (χ1n) is 5.31. The van der Waals surface area contributed by atoms with Crippen LogP contribution in [0.3, 0.4) is 0 Å². The van der Waals surface area contributed by atoms with Gasteiger partial charge in [0, 0.05) is 12.2 Å². The molecular formula is C12H13F3N2O. The Morgan fingerprint density at radius 1 is 1.39 bits per heavy atom. The first kappa shape index (κ1) is 14.3. The van der Waals surface area contributed by atoms with Gasteiger partial charge in [0.2, 0.25) is 0 Å². The lowest BCUT2D eigenvalue weighted by atomic mass is 10.1. The Morgan fingerprint density at radius 2 is 2.11 bits per heavy atom. The Bertz CT molecular complexity index is 438. The number of hydrogen-bond acceptors (Lipinski definition) is 3. The van der Waals surface area contributed by atoms with Crippen LogP contribution in [0.4, 0.5) is 18.9 Å². The van der Waals surface area contributed by atoms with Gasteiger partial charge in [-0.3, -0.25) is 0 Å². The molecule has 1 rings (SSSR count). The lowest BCUT2D eigenvalue weighted by molar-refractivity contribution is -0.172. The van der Waals surface area contributed by atoms with E-state index in [4.69, 9.17) is 5.26 Å². The molecule has 1 N–H and O–H groups in total. The van der Waals surface area contributed by atoms with Crippen molar-refractivity contribution in [2.45, 2.75) is 13.1 Å². The van der Waals surface area contributed by atoms with Crippen molar-refractivity contribution >= 4 is 5.69 Å². The second kappa shape index (κ2) is 6.26. The SMILES string of the molecule is Cc1ccc(C#N)cc1NCCOCC(F)(F)F. The van der Waals surface area contributed by atoms with Gasteiger partial charge in [0.05, 0.1) is 18.2 Å². The molecule has 0 saturated heterocycles. The molecule has 0 aliphatic rings. The summed E-state index contributed by atoms with van der Waals surface area (Å²) in [6, 6.07) is 7.10. The standard InChI is InChI=1S/C12H13F3N2O/c1-9-2-3-10(7-16)6-11(9)17-4-5-18-8-12(13,14)15/h2-3,6,17H,4-5,8H2,1H3. The molecule has 0 radical (unpaired) electrons. The molecule has 0 aromatic heterocycles. The van der Waals surface area contributed by atoms with Gasteiger partial charge in [0.25, 0.3) is 0 Å². The van der Waals surface area contributed by atoms with Gasteiger partial charge in [0.1, 0.15) is 6.61 Å².